The lowest BCUT2D eigenvalue weighted by molar-refractivity contribution is -0.274. The van der Waals surface area contributed by atoms with Crippen LogP contribution in [0.2, 0.25) is 0 Å². The Morgan fingerprint density at radius 1 is 1.03 bits per heavy atom. The van der Waals surface area contributed by atoms with Crippen molar-refractivity contribution in [1.29, 1.82) is 0 Å². The highest BCUT2D eigenvalue weighted by Crippen LogP contribution is 2.27. The van der Waals surface area contributed by atoms with Crippen LogP contribution in [0.15, 0.2) is 72.1 Å². The average molecular weight is 502 g/mol. The molecular weight excluding hydrogens is 485 g/mol. The van der Waals surface area contributed by atoms with Gasteiger partial charge in [-0.25, -0.2) is 14.6 Å². The number of ether oxygens (including phenoxy) is 2. The molecule has 0 fully saturated rings. The highest BCUT2D eigenvalue weighted by molar-refractivity contribution is 7.98. The van der Waals surface area contributed by atoms with Gasteiger partial charge in [0.15, 0.2) is 10.9 Å². The number of carbonyl (C=O) groups is 1. The predicted molar refractivity (Wildman–Crippen MR) is 121 cm³/mol. The van der Waals surface area contributed by atoms with E-state index in [2.05, 4.69) is 30.3 Å². The number of nitrogens with zero attached hydrogens (tertiary/aromatic N) is 5. The van der Waals surface area contributed by atoms with Crippen LogP contribution < -0.4 is 14.8 Å². The van der Waals surface area contributed by atoms with Crippen molar-refractivity contribution in [3.8, 4) is 17.2 Å². The standard InChI is InChI=1S/C22H17F3N6O3S/c1-33-16-7-3-14(4-8-16)28-20(32)19-18(13-35-21-26-11-2-12-27-21)31(30-29-19)15-5-9-17(10-6-15)34-22(23,24)25/h2-12H,13H2,1H3,(H,28,32). The van der Waals surface area contributed by atoms with E-state index >= 15 is 0 Å². The van der Waals surface area contributed by atoms with Crippen molar-refractivity contribution in [2.75, 3.05) is 12.4 Å². The van der Waals surface area contributed by atoms with E-state index in [9.17, 15) is 18.0 Å². The maximum Gasteiger partial charge on any atom is 0.573 e. The van der Waals surface area contributed by atoms with E-state index in [1.165, 1.54) is 35.7 Å². The third-order valence-electron chi connectivity index (χ3n) is 4.52. The highest BCUT2D eigenvalue weighted by atomic mass is 32.2. The Bertz CT molecular complexity index is 1280. The fourth-order valence-corrected chi connectivity index (χ4v) is 3.76. The van der Waals surface area contributed by atoms with Gasteiger partial charge < -0.3 is 14.8 Å². The molecule has 2 aromatic heterocycles. The monoisotopic (exact) mass is 502 g/mol. The van der Waals surface area contributed by atoms with E-state index in [-0.39, 0.29) is 17.2 Å². The fraction of sp³-hybridized carbons (Fsp3) is 0.136. The number of hydrogen-bond acceptors (Lipinski definition) is 8. The SMILES string of the molecule is COc1ccc(NC(=O)c2nnn(-c3ccc(OC(F)(F)F)cc3)c2CSc2ncccn2)cc1. The first-order valence-electron chi connectivity index (χ1n) is 9.98. The molecule has 4 rings (SSSR count). The van der Waals surface area contributed by atoms with E-state index in [0.29, 0.717) is 28.0 Å². The molecule has 0 saturated carbocycles. The van der Waals surface area contributed by atoms with E-state index in [4.69, 9.17) is 4.74 Å². The Labute approximate surface area is 201 Å². The zero-order valence-corrected chi connectivity index (χ0v) is 18.9. The van der Waals surface area contributed by atoms with Gasteiger partial charge in [-0.1, -0.05) is 17.0 Å². The summed E-state index contributed by atoms with van der Waals surface area (Å²) in [5, 5.41) is 11.3. The lowest BCUT2D eigenvalue weighted by Crippen LogP contribution is -2.17. The van der Waals surface area contributed by atoms with Gasteiger partial charge in [-0.2, -0.15) is 0 Å². The fourth-order valence-electron chi connectivity index (χ4n) is 2.96. The van der Waals surface area contributed by atoms with Crippen molar-refractivity contribution in [2.24, 2.45) is 0 Å². The van der Waals surface area contributed by atoms with Gasteiger partial charge in [0.25, 0.3) is 5.91 Å². The smallest absolute Gasteiger partial charge is 0.497 e. The Kier molecular flexibility index (Phi) is 7.15. The van der Waals surface area contributed by atoms with Crippen LogP contribution in [0.4, 0.5) is 18.9 Å². The van der Waals surface area contributed by atoms with E-state index in [0.717, 1.165) is 12.1 Å². The summed E-state index contributed by atoms with van der Waals surface area (Å²) in [5.74, 6) is -0.0503. The van der Waals surface area contributed by atoms with Gasteiger partial charge in [-0.15, -0.1) is 18.3 Å². The van der Waals surface area contributed by atoms with Crippen LogP contribution in [0.5, 0.6) is 11.5 Å². The van der Waals surface area contributed by atoms with Crippen molar-refractivity contribution in [3.05, 3.63) is 78.4 Å². The minimum atomic E-state index is -4.81. The molecule has 1 amide bonds. The van der Waals surface area contributed by atoms with Crippen molar-refractivity contribution in [1.82, 2.24) is 25.0 Å². The maximum atomic E-state index is 13.0. The lowest BCUT2D eigenvalue weighted by atomic mass is 10.2. The van der Waals surface area contributed by atoms with E-state index in [1.54, 1.807) is 42.7 Å². The minimum Gasteiger partial charge on any atom is -0.497 e. The number of anilines is 1. The van der Waals surface area contributed by atoms with Crippen LogP contribution in [-0.4, -0.2) is 44.3 Å². The summed E-state index contributed by atoms with van der Waals surface area (Å²) in [4.78, 5) is 21.3. The topological polar surface area (TPSA) is 104 Å². The Hall–Kier alpha value is -4.13. The average Bonchev–Trinajstić information content (AvgIpc) is 3.27. The second kappa shape index (κ2) is 10.4. The molecule has 0 radical (unpaired) electrons. The molecule has 4 aromatic rings. The summed E-state index contributed by atoms with van der Waals surface area (Å²) < 4.78 is 47.9. The van der Waals surface area contributed by atoms with Crippen LogP contribution in [0.3, 0.4) is 0 Å². The molecular formula is C22H17F3N6O3S. The number of benzene rings is 2. The molecule has 0 aliphatic carbocycles. The van der Waals surface area contributed by atoms with Crippen LogP contribution in [0, 0.1) is 0 Å². The molecule has 2 aromatic carbocycles. The highest BCUT2D eigenvalue weighted by Gasteiger charge is 2.31. The van der Waals surface area contributed by atoms with Gasteiger partial charge in [-0.05, 0) is 54.6 Å². The van der Waals surface area contributed by atoms with E-state index in [1.807, 2.05) is 0 Å². The number of thioether (sulfide) groups is 1. The van der Waals surface area contributed by atoms with Gasteiger partial charge in [0, 0.05) is 23.8 Å². The number of aromatic nitrogens is 5. The van der Waals surface area contributed by atoms with Gasteiger partial charge in [-0.3, -0.25) is 4.79 Å². The number of nitrogens with one attached hydrogen (secondary N) is 1. The summed E-state index contributed by atoms with van der Waals surface area (Å²) >= 11 is 1.25. The number of halogens is 3. The Morgan fingerprint density at radius 2 is 1.69 bits per heavy atom. The van der Waals surface area contributed by atoms with Gasteiger partial charge in [0.05, 0.1) is 18.5 Å². The van der Waals surface area contributed by atoms with Crippen LogP contribution >= 0.6 is 11.8 Å². The second-order valence-corrected chi connectivity index (χ2v) is 7.78. The first kappa shape index (κ1) is 24.0. The molecule has 0 atom stereocenters. The van der Waals surface area contributed by atoms with Crippen molar-refractivity contribution in [2.45, 2.75) is 17.3 Å². The molecule has 1 N–H and O–H groups in total. The number of hydrogen-bond donors (Lipinski definition) is 1. The van der Waals surface area contributed by atoms with Crippen molar-refractivity contribution < 1.29 is 27.4 Å². The third kappa shape index (κ3) is 6.26. The predicted octanol–water partition coefficient (Wildman–Crippen LogP) is 4.51. The van der Waals surface area contributed by atoms with Crippen LogP contribution in [-0.2, 0) is 5.75 Å². The number of alkyl halides is 3. The molecule has 13 heteroatoms. The second-order valence-electron chi connectivity index (χ2n) is 6.84. The number of rotatable bonds is 8. The molecule has 0 aliphatic heterocycles. The van der Waals surface area contributed by atoms with Crippen LogP contribution in [0.1, 0.15) is 16.2 Å². The number of carbonyl (C=O) groups excluding carboxylic acids is 1. The first-order valence-corrected chi connectivity index (χ1v) is 11.0. The molecule has 0 saturated heterocycles. The maximum absolute atomic E-state index is 13.0. The summed E-state index contributed by atoms with van der Waals surface area (Å²) in [5.41, 5.74) is 1.35. The summed E-state index contributed by atoms with van der Waals surface area (Å²) in [6.07, 6.45) is -1.64. The van der Waals surface area contributed by atoms with Gasteiger partial charge in [0.1, 0.15) is 11.5 Å². The molecule has 35 heavy (non-hydrogen) atoms. The molecule has 0 aliphatic rings. The molecule has 0 spiro atoms. The van der Waals surface area contributed by atoms with Crippen molar-refractivity contribution in [3.63, 3.8) is 0 Å². The number of methoxy groups -OCH3 is 1. The van der Waals surface area contributed by atoms with Gasteiger partial charge >= 0.3 is 6.36 Å². The summed E-state index contributed by atoms with van der Waals surface area (Å²) in [7, 11) is 1.54. The van der Waals surface area contributed by atoms with E-state index < -0.39 is 12.3 Å². The summed E-state index contributed by atoms with van der Waals surface area (Å²) in [6, 6.07) is 13.5. The molecule has 2 heterocycles. The Morgan fingerprint density at radius 3 is 2.31 bits per heavy atom. The molecule has 9 nitrogen and oxygen atoms in total. The molecule has 180 valence electrons. The Balaban J connectivity index is 1.62. The third-order valence-corrected chi connectivity index (χ3v) is 5.41. The summed E-state index contributed by atoms with van der Waals surface area (Å²) in [6.45, 7) is 0. The van der Waals surface area contributed by atoms with Crippen molar-refractivity contribution >= 4 is 23.4 Å². The first-order chi connectivity index (χ1) is 16.8. The zero-order chi connectivity index (χ0) is 24.8. The normalized spacial score (nSPS) is 11.2. The number of amides is 1. The lowest BCUT2D eigenvalue weighted by Gasteiger charge is -2.11. The largest absolute Gasteiger partial charge is 0.573 e. The quantitative estimate of drug-likeness (QED) is 0.277. The van der Waals surface area contributed by atoms with Crippen LogP contribution in [0.25, 0.3) is 5.69 Å². The molecule has 0 bridgehead atoms. The molecule has 0 unspecified atom stereocenters. The minimum absolute atomic E-state index is 0.0415. The van der Waals surface area contributed by atoms with Gasteiger partial charge in [0.2, 0.25) is 0 Å². The zero-order valence-electron chi connectivity index (χ0n) is 18.1.